The highest BCUT2D eigenvalue weighted by Crippen LogP contribution is 2.37. The molecule has 1 aromatic heterocycles. The molecule has 0 bridgehead atoms. The van der Waals surface area contributed by atoms with E-state index in [2.05, 4.69) is 10.0 Å². The van der Waals surface area contributed by atoms with Crippen LogP contribution in [-0.4, -0.2) is 20.5 Å². The molecule has 0 aromatic carbocycles. The Morgan fingerprint density at radius 2 is 1.89 bits per heavy atom. The van der Waals surface area contributed by atoms with Crippen molar-refractivity contribution in [1.29, 1.82) is 0 Å². The van der Waals surface area contributed by atoms with E-state index in [1.165, 1.54) is 0 Å². The Morgan fingerprint density at radius 3 is 2.42 bits per heavy atom. The highest BCUT2D eigenvalue weighted by Gasteiger charge is 2.42. The van der Waals surface area contributed by atoms with Gasteiger partial charge in [0.15, 0.2) is 0 Å². The number of aryl methyl sites for hydroxylation is 2. The Morgan fingerprint density at radius 1 is 1.26 bits per heavy atom. The quantitative estimate of drug-likeness (QED) is 0.837. The van der Waals surface area contributed by atoms with E-state index in [9.17, 15) is 8.42 Å². The van der Waals surface area contributed by atoms with Gasteiger partial charge in [0.1, 0.15) is 16.4 Å². The lowest BCUT2D eigenvalue weighted by atomic mass is 10.2. The van der Waals surface area contributed by atoms with Crippen LogP contribution in [0.3, 0.4) is 0 Å². The molecule has 0 saturated heterocycles. The van der Waals surface area contributed by atoms with Crippen molar-refractivity contribution in [2.24, 2.45) is 0 Å². The first-order valence-corrected chi connectivity index (χ1v) is 8.11. The summed E-state index contributed by atoms with van der Waals surface area (Å²) in [6.07, 6.45) is 1.79. The van der Waals surface area contributed by atoms with Crippen molar-refractivity contribution >= 4 is 10.0 Å². The van der Waals surface area contributed by atoms with Crippen molar-refractivity contribution in [3.8, 4) is 0 Å². The third kappa shape index (κ3) is 3.01. The molecule has 0 aliphatic heterocycles. The highest BCUT2D eigenvalue weighted by molar-refractivity contribution is 7.89. The molecular weight excluding hydrogens is 264 g/mol. The third-order valence-corrected chi connectivity index (χ3v) is 5.36. The van der Waals surface area contributed by atoms with Crippen LogP contribution in [-0.2, 0) is 16.6 Å². The molecule has 108 valence electrons. The summed E-state index contributed by atoms with van der Waals surface area (Å²) in [5.41, 5.74) is 0.461. The van der Waals surface area contributed by atoms with E-state index < -0.39 is 10.0 Å². The summed E-state index contributed by atoms with van der Waals surface area (Å²) in [5.74, 6) is 1.13. The normalized spacial score (nSPS) is 17.7. The Kier molecular flexibility index (Phi) is 3.77. The smallest absolute Gasteiger partial charge is 0.244 e. The average molecular weight is 286 g/mol. The molecule has 1 heterocycles. The third-order valence-electron chi connectivity index (χ3n) is 3.53. The number of rotatable bonds is 6. The maximum Gasteiger partial charge on any atom is 0.244 e. The van der Waals surface area contributed by atoms with Gasteiger partial charge in [-0.3, -0.25) is 0 Å². The first kappa shape index (κ1) is 14.6. The molecule has 0 unspecified atom stereocenters. The van der Waals surface area contributed by atoms with E-state index in [-0.39, 0.29) is 5.54 Å². The van der Waals surface area contributed by atoms with Crippen LogP contribution in [0.1, 0.15) is 43.8 Å². The van der Waals surface area contributed by atoms with Gasteiger partial charge < -0.3 is 9.73 Å². The van der Waals surface area contributed by atoms with E-state index >= 15 is 0 Å². The molecule has 0 radical (unpaired) electrons. The molecule has 1 aliphatic carbocycles. The molecular formula is C13H22N2O3S. The fourth-order valence-electron chi connectivity index (χ4n) is 2.18. The maximum absolute atomic E-state index is 12.5. The number of hydrogen-bond acceptors (Lipinski definition) is 4. The molecule has 1 aliphatic rings. The maximum atomic E-state index is 12.5. The Labute approximate surface area is 114 Å². The van der Waals surface area contributed by atoms with Gasteiger partial charge in [-0.05, 0) is 40.2 Å². The van der Waals surface area contributed by atoms with Crippen molar-refractivity contribution in [1.82, 2.24) is 10.0 Å². The van der Waals surface area contributed by atoms with Crippen molar-refractivity contribution in [2.75, 3.05) is 6.54 Å². The van der Waals surface area contributed by atoms with Crippen LogP contribution in [0.2, 0.25) is 0 Å². The lowest BCUT2D eigenvalue weighted by molar-refractivity contribution is 0.492. The zero-order valence-corrected chi connectivity index (χ0v) is 12.8. The number of hydrogen-bond donors (Lipinski definition) is 2. The number of sulfonamides is 1. The van der Waals surface area contributed by atoms with Gasteiger partial charge in [-0.25, -0.2) is 13.1 Å². The van der Waals surface area contributed by atoms with Crippen molar-refractivity contribution in [3.05, 3.63) is 17.1 Å². The summed E-state index contributed by atoms with van der Waals surface area (Å²) in [6.45, 7) is 8.71. The summed E-state index contributed by atoms with van der Waals surface area (Å²) in [7, 11) is -3.51. The average Bonchev–Trinajstić information content (AvgIpc) is 2.90. The predicted octanol–water partition coefficient (Wildman–Crippen LogP) is 1.84. The van der Waals surface area contributed by atoms with Crippen molar-refractivity contribution < 1.29 is 12.8 Å². The fourth-order valence-corrected chi connectivity index (χ4v) is 4.10. The zero-order chi connectivity index (χ0) is 14.3. The Bertz CT molecular complexity index is 571. The fraction of sp³-hybridized carbons (Fsp3) is 0.692. The van der Waals surface area contributed by atoms with Gasteiger partial charge in [0.2, 0.25) is 10.0 Å². The first-order chi connectivity index (χ1) is 8.79. The SMILES string of the molecule is CCNCc1c(C)oc(C)c1S(=O)(=O)NC1(C)CC1. The molecule has 0 spiro atoms. The minimum absolute atomic E-state index is 0.272. The van der Waals surface area contributed by atoms with Gasteiger partial charge in [0, 0.05) is 17.6 Å². The standard InChI is InChI=1S/C13H22N2O3S/c1-5-14-8-11-9(2)18-10(3)12(11)19(16,17)15-13(4)6-7-13/h14-15H,5-8H2,1-4H3. The second kappa shape index (κ2) is 4.92. The Hall–Kier alpha value is -0.850. The van der Waals surface area contributed by atoms with Crippen LogP contribution >= 0.6 is 0 Å². The number of furan rings is 1. The van der Waals surface area contributed by atoms with Gasteiger partial charge >= 0.3 is 0 Å². The summed E-state index contributed by atoms with van der Waals surface area (Å²) in [5, 5.41) is 3.16. The minimum Gasteiger partial charge on any atom is -0.465 e. The molecule has 2 rings (SSSR count). The molecule has 19 heavy (non-hydrogen) atoms. The van der Waals surface area contributed by atoms with Crippen LogP contribution in [0.4, 0.5) is 0 Å². The van der Waals surface area contributed by atoms with E-state index in [1.807, 2.05) is 13.8 Å². The van der Waals surface area contributed by atoms with Crippen LogP contribution in [0, 0.1) is 13.8 Å². The van der Waals surface area contributed by atoms with E-state index in [0.29, 0.717) is 23.0 Å². The molecule has 0 amide bonds. The summed E-state index contributed by atoms with van der Waals surface area (Å²) >= 11 is 0. The zero-order valence-electron chi connectivity index (χ0n) is 12.0. The van der Waals surface area contributed by atoms with Gasteiger partial charge in [-0.15, -0.1) is 0 Å². The van der Waals surface area contributed by atoms with E-state index in [0.717, 1.165) is 24.9 Å². The lowest BCUT2D eigenvalue weighted by Gasteiger charge is -2.13. The van der Waals surface area contributed by atoms with Gasteiger partial charge in [-0.1, -0.05) is 6.92 Å². The van der Waals surface area contributed by atoms with Crippen molar-refractivity contribution in [2.45, 2.75) is 57.5 Å². The predicted molar refractivity (Wildman–Crippen MR) is 73.5 cm³/mol. The first-order valence-electron chi connectivity index (χ1n) is 6.62. The van der Waals surface area contributed by atoms with E-state index in [1.54, 1.807) is 13.8 Å². The van der Waals surface area contributed by atoms with Crippen molar-refractivity contribution in [3.63, 3.8) is 0 Å². The number of nitrogens with one attached hydrogen (secondary N) is 2. The lowest BCUT2D eigenvalue weighted by Crippen LogP contribution is -2.35. The topological polar surface area (TPSA) is 71.3 Å². The van der Waals surface area contributed by atoms with Crippen LogP contribution in [0.25, 0.3) is 0 Å². The molecule has 1 aromatic rings. The molecule has 0 atom stereocenters. The minimum atomic E-state index is -3.51. The molecule has 5 nitrogen and oxygen atoms in total. The van der Waals surface area contributed by atoms with Gasteiger partial charge in [0.25, 0.3) is 0 Å². The second-order valence-electron chi connectivity index (χ2n) is 5.47. The summed E-state index contributed by atoms with van der Waals surface area (Å²) < 4.78 is 33.3. The summed E-state index contributed by atoms with van der Waals surface area (Å²) in [6, 6.07) is 0. The molecule has 1 fully saturated rings. The van der Waals surface area contributed by atoms with Crippen LogP contribution in [0.15, 0.2) is 9.31 Å². The van der Waals surface area contributed by atoms with Crippen LogP contribution in [0.5, 0.6) is 0 Å². The van der Waals surface area contributed by atoms with Gasteiger partial charge in [0.05, 0.1) is 0 Å². The van der Waals surface area contributed by atoms with Crippen LogP contribution < -0.4 is 10.0 Å². The van der Waals surface area contributed by atoms with Gasteiger partial charge in [-0.2, -0.15) is 0 Å². The highest BCUT2D eigenvalue weighted by atomic mass is 32.2. The second-order valence-corrected chi connectivity index (χ2v) is 7.09. The largest absolute Gasteiger partial charge is 0.465 e. The molecule has 2 N–H and O–H groups in total. The Balaban J connectivity index is 2.37. The van der Waals surface area contributed by atoms with E-state index in [4.69, 9.17) is 4.42 Å². The summed E-state index contributed by atoms with van der Waals surface area (Å²) in [4.78, 5) is 0.305. The molecule has 1 saturated carbocycles. The monoisotopic (exact) mass is 286 g/mol. The molecule has 6 heteroatoms.